The standard InChI is InChI=1S/C112H186O22Si3/c1-70-40-50-92(132-135(28,29)110(13,14)15)62-86-37-35-39-89(125-86)67-97(121-27)77(8)99-69-101(129-109(127-99)83-48-56-85(117-23)57-49-83)79(10)107(81(12)105(134-137(32,33)112(19,20)21)73(4)45-53-91-65-95(119-25)61-75(6)123-91)131-103(114)59-43-71(2)41-51-93(133-136(30,31)111(16,17)18)63-87-36-34-38-88(124-87)66-96(120-26)76(7)98-68-100(128-108(126-98)82-46-54-84(116-22)55-47-82)78(9)106(130-102(113)58-42-70)80(11)104(115)72(3)44-52-90-64-94(118-24)60-74(5)122-90/h34-37,40-43,46-49,54-59,72-81,86-101,104-109,115H,38-39,44-45,50-53,60-69H2,1-33H3/b58-42+,59-43+,70-40+,71-41+/t72-,73-,74-,75-,76+,77+,78-,79-,80-,81-,86-,87-,88-,89-,90-,91-,92-,93-,94+,95+,96-,97-,98-,99-,100+,101+,104-,105-,106-,107-,108+,109+/m0/s1. The topological polar surface area (TPSA) is 230 Å². The largest absolute Gasteiger partial charge is 0.497 e. The molecule has 778 valence electrons. The first-order chi connectivity index (χ1) is 64.3. The van der Waals surface area contributed by atoms with Crippen LogP contribution < -0.4 is 9.47 Å². The minimum Gasteiger partial charge on any atom is -0.497 e. The van der Waals surface area contributed by atoms with E-state index in [9.17, 15) is 5.11 Å². The van der Waals surface area contributed by atoms with Gasteiger partial charge in [-0.05, 0) is 195 Å². The Bertz CT molecular complexity index is 4140. The zero-order chi connectivity index (χ0) is 101. The normalized spacial score (nSPS) is 35.3. The van der Waals surface area contributed by atoms with Crippen LogP contribution in [-0.4, -0.2) is 219 Å². The average Bonchev–Trinajstić information content (AvgIpc) is 0.809. The van der Waals surface area contributed by atoms with E-state index in [0.29, 0.717) is 82.1 Å². The van der Waals surface area contributed by atoms with Crippen molar-refractivity contribution in [1.82, 2.24) is 0 Å². The van der Waals surface area contributed by atoms with Gasteiger partial charge in [-0.3, -0.25) is 0 Å². The highest BCUT2D eigenvalue weighted by Gasteiger charge is 2.51. The van der Waals surface area contributed by atoms with Crippen molar-refractivity contribution in [3.63, 3.8) is 0 Å². The number of hydrogen-bond donors (Lipinski definition) is 1. The van der Waals surface area contributed by atoms with Gasteiger partial charge >= 0.3 is 11.9 Å². The van der Waals surface area contributed by atoms with Crippen molar-refractivity contribution in [3.8, 4) is 11.5 Å². The summed E-state index contributed by atoms with van der Waals surface area (Å²) in [6.07, 6.45) is 24.3. The van der Waals surface area contributed by atoms with E-state index in [4.69, 9.17) is 89.1 Å². The third kappa shape index (κ3) is 33.7. The Morgan fingerprint density at radius 3 is 1.13 bits per heavy atom. The van der Waals surface area contributed by atoms with Crippen molar-refractivity contribution < 1.29 is 104 Å². The number of benzene rings is 2. The first-order valence-corrected chi connectivity index (χ1v) is 60.9. The lowest BCUT2D eigenvalue weighted by Crippen LogP contribution is -2.53. The van der Waals surface area contributed by atoms with Gasteiger partial charge in [0.1, 0.15) is 23.7 Å². The van der Waals surface area contributed by atoms with Crippen molar-refractivity contribution in [1.29, 1.82) is 0 Å². The van der Waals surface area contributed by atoms with E-state index in [1.165, 1.54) is 6.08 Å². The van der Waals surface area contributed by atoms with Crippen molar-refractivity contribution in [3.05, 3.63) is 132 Å². The smallest absolute Gasteiger partial charge is 0.331 e. The van der Waals surface area contributed by atoms with Crippen LogP contribution in [0, 0.1) is 47.3 Å². The van der Waals surface area contributed by atoms with Crippen LogP contribution in [0.5, 0.6) is 11.5 Å². The van der Waals surface area contributed by atoms with Crippen LogP contribution in [0.4, 0.5) is 0 Å². The molecule has 32 atom stereocenters. The number of carbonyl (C=O) groups is 2. The quantitative estimate of drug-likeness (QED) is 0.0524. The number of ether oxygens (including phenoxy) is 16. The molecule has 4 saturated heterocycles. The maximum absolute atomic E-state index is 15.5. The van der Waals surface area contributed by atoms with E-state index in [1.807, 2.05) is 81.5 Å². The van der Waals surface area contributed by atoms with Crippen molar-refractivity contribution in [2.75, 3.05) is 42.7 Å². The van der Waals surface area contributed by atoms with Crippen molar-refractivity contribution in [2.45, 2.75) is 462 Å². The Labute approximate surface area is 831 Å². The fourth-order valence-corrected chi connectivity index (χ4v) is 24.9. The lowest BCUT2D eigenvalue weighted by atomic mass is 9.78. The molecule has 0 amide bonds. The summed E-state index contributed by atoms with van der Waals surface area (Å²) in [5.74, 6) is -1.84. The minimum absolute atomic E-state index is 0.0114. The third-order valence-corrected chi connectivity index (χ3v) is 46.3. The number of aliphatic hydroxyl groups is 1. The Balaban J connectivity index is 1.11. The zero-order valence-electron chi connectivity index (χ0n) is 90.6. The molecular weight excluding hydrogens is 1780 g/mol. The number of rotatable bonds is 26. The van der Waals surface area contributed by atoms with Crippen molar-refractivity contribution >= 4 is 36.9 Å². The van der Waals surface area contributed by atoms with Gasteiger partial charge in [-0.25, -0.2) is 9.59 Å². The summed E-state index contributed by atoms with van der Waals surface area (Å²) in [5.41, 5.74) is 3.39. The predicted octanol–water partition coefficient (Wildman–Crippen LogP) is 24.7. The van der Waals surface area contributed by atoms with Crippen LogP contribution in [0.2, 0.25) is 54.4 Å². The maximum Gasteiger partial charge on any atom is 0.331 e. The number of hydrogen-bond acceptors (Lipinski definition) is 22. The molecule has 0 unspecified atom stereocenters. The van der Waals surface area contributed by atoms with Gasteiger partial charge in [-0.2, -0.15) is 0 Å². The Morgan fingerprint density at radius 2 is 0.774 bits per heavy atom. The molecule has 7 aliphatic heterocycles. The van der Waals surface area contributed by atoms with Crippen LogP contribution in [-0.2, 0) is 89.2 Å². The molecule has 0 spiro atoms. The van der Waals surface area contributed by atoms with E-state index in [2.05, 4.69) is 200 Å². The molecule has 137 heavy (non-hydrogen) atoms. The van der Waals surface area contributed by atoms with E-state index in [0.717, 1.165) is 67.2 Å². The average molecular weight is 1970 g/mol. The molecule has 25 heteroatoms. The molecule has 22 nitrogen and oxygen atoms in total. The van der Waals surface area contributed by atoms with Gasteiger partial charge in [0.15, 0.2) is 37.5 Å². The highest BCUT2D eigenvalue weighted by Crippen LogP contribution is 2.49. The van der Waals surface area contributed by atoms with E-state index in [1.54, 1.807) is 48.7 Å². The van der Waals surface area contributed by atoms with Crippen LogP contribution in [0.1, 0.15) is 285 Å². The summed E-state index contributed by atoms with van der Waals surface area (Å²) < 4.78 is 130. The number of methoxy groups -OCH3 is 6. The Hall–Kier alpha value is -4.57. The fraction of sp³-hybridized carbons (Fsp3) is 0.768. The molecule has 2 aromatic rings. The van der Waals surface area contributed by atoms with Crippen LogP contribution in [0.25, 0.3) is 0 Å². The number of aliphatic hydroxyl groups excluding tert-OH is 1. The second kappa shape index (κ2) is 52.5. The monoisotopic (exact) mass is 1970 g/mol. The van der Waals surface area contributed by atoms with Gasteiger partial charge in [0, 0.05) is 126 Å². The SMILES string of the molecule is COc1ccc([C@@H]2O[C@H]3C[C@@H](O2)[C@H](C)[C@@H]([C@@H](C)[C@@H](O[Si](C)(C)C(C)(C)C)[C@@H](C)CC[C@H]2C[C@H](OC)C[C@H](C)O2)OC(=O)/C=C/C(C)=C/C[C@H](O[Si](C)(C)C(C)(C)C)C[C@@H]2C=CC[C@@H](C[C@H](OC)[C@@H](C)[C@@H]4C[C@@H](O[C@H](c5ccc(OC)cc5)O4)[C@H](C)[C@@H]([C@@H](C)[C@@H](O)[C@@H](C)CC[C@H]4C[C@H](OC)C[C@H](C)O4)OC(=O)/C=C/C(C)=C/C[C@H](O[Si](C)(C)C(C)(C)C)C[C@@H]4C=CC[C@@H](C[C@H](OC)[C@H]3C)O4)O2)cc1. The van der Waals surface area contributed by atoms with Gasteiger partial charge < -0.3 is 94.2 Å². The Kier molecular flexibility index (Phi) is 44.4. The summed E-state index contributed by atoms with van der Waals surface area (Å²) >= 11 is 0. The molecule has 0 radical (unpaired) electrons. The molecule has 0 aliphatic carbocycles. The third-order valence-electron chi connectivity index (χ3n) is 32.8. The molecule has 0 saturated carbocycles. The summed E-state index contributed by atoms with van der Waals surface area (Å²) in [6, 6.07) is 15.7. The van der Waals surface area contributed by atoms with E-state index >= 15 is 9.59 Å². The zero-order valence-corrected chi connectivity index (χ0v) is 93.6. The molecule has 4 fully saturated rings. The number of allylic oxidation sites excluding steroid dienone is 4. The molecule has 7 aliphatic rings. The number of fused-ring (bicyclic) bond motifs is 8. The summed E-state index contributed by atoms with van der Waals surface area (Å²) in [4.78, 5) is 30.5. The van der Waals surface area contributed by atoms with E-state index < -0.39 is 110 Å². The number of cyclic esters (lactones) is 2. The van der Waals surface area contributed by atoms with Crippen LogP contribution >= 0.6 is 0 Å². The Morgan fingerprint density at radius 1 is 0.409 bits per heavy atom. The summed E-state index contributed by atoms with van der Waals surface area (Å²) in [6.45, 7) is 59.9. The van der Waals surface area contributed by atoms with Crippen LogP contribution in [0.15, 0.2) is 120 Å². The minimum atomic E-state index is -2.53. The molecular formula is C112H186O22Si3. The van der Waals surface area contributed by atoms with Gasteiger partial charge in [-0.1, -0.05) is 202 Å². The first-order valence-electron chi connectivity index (χ1n) is 52.1. The fourth-order valence-electron chi connectivity index (χ4n) is 20.6. The van der Waals surface area contributed by atoms with Crippen LogP contribution in [0.3, 0.4) is 0 Å². The van der Waals surface area contributed by atoms with Gasteiger partial charge in [0.05, 0.1) is 136 Å². The molecule has 9 rings (SSSR count). The van der Waals surface area contributed by atoms with E-state index in [-0.39, 0.29) is 136 Å². The highest BCUT2D eigenvalue weighted by atomic mass is 28.4. The predicted molar refractivity (Wildman–Crippen MR) is 553 cm³/mol. The second-order valence-electron chi connectivity index (χ2n) is 46.5. The maximum atomic E-state index is 15.5. The molecule has 1 N–H and O–H groups in total. The van der Waals surface area contributed by atoms with Gasteiger partial charge in [-0.15, -0.1) is 0 Å². The molecule has 0 aromatic heterocycles. The van der Waals surface area contributed by atoms with Crippen molar-refractivity contribution in [2.24, 2.45) is 47.3 Å². The number of carbonyl (C=O) groups excluding carboxylic acids is 2. The molecule has 2 aromatic carbocycles. The molecule has 8 bridgehead atoms. The first kappa shape index (κ1) is 116. The second-order valence-corrected chi connectivity index (χ2v) is 60.8. The van der Waals surface area contributed by atoms with Gasteiger partial charge in [0.25, 0.3) is 0 Å². The lowest BCUT2D eigenvalue weighted by Gasteiger charge is -2.47. The summed E-state index contributed by atoms with van der Waals surface area (Å²) in [5, 5.41) is 12.4. The number of esters is 2. The molecule has 7 heterocycles. The van der Waals surface area contributed by atoms with Gasteiger partial charge in [0.2, 0.25) is 0 Å². The highest BCUT2D eigenvalue weighted by molar-refractivity contribution is 6.75. The summed E-state index contributed by atoms with van der Waals surface area (Å²) in [7, 11) is 3.13. The lowest BCUT2D eigenvalue weighted by molar-refractivity contribution is -0.279.